The minimum Gasteiger partial charge on any atom is -0.481 e. The fourth-order valence-corrected chi connectivity index (χ4v) is 5.12. The molecule has 1 aliphatic rings. The van der Waals surface area contributed by atoms with Crippen LogP contribution in [0.3, 0.4) is 0 Å². The molecule has 0 bridgehead atoms. The number of anilines is 2. The van der Waals surface area contributed by atoms with E-state index in [2.05, 4.69) is 25.4 Å². The van der Waals surface area contributed by atoms with Gasteiger partial charge in [0.1, 0.15) is 28.6 Å². The Morgan fingerprint density at radius 2 is 1.88 bits per heavy atom. The first-order valence-corrected chi connectivity index (χ1v) is 12.6. The third-order valence-corrected chi connectivity index (χ3v) is 7.28. The summed E-state index contributed by atoms with van der Waals surface area (Å²) in [5, 5.41) is 17.1. The summed E-state index contributed by atoms with van der Waals surface area (Å²) in [4.78, 5) is 37.9. The van der Waals surface area contributed by atoms with Gasteiger partial charge >= 0.3 is 5.97 Å². The van der Waals surface area contributed by atoms with E-state index in [1.54, 1.807) is 54.2 Å². The molecular weight excluding hydrogens is 513 g/mol. The van der Waals surface area contributed by atoms with Crippen LogP contribution in [0.4, 0.5) is 16.0 Å². The Bertz CT molecular complexity index is 1800. The Balaban J connectivity index is 1.40. The monoisotopic (exact) mass is 537 g/mol. The fraction of sp³-hybridized carbons (Fsp3) is 0.172. The highest BCUT2D eigenvalue weighted by Crippen LogP contribution is 2.45. The number of benzene rings is 2. The van der Waals surface area contributed by atoms with Crippen molar-refractivity contribution in [2.75, 3.05) is 11.1 Å². The number of aromatic nitrogens is 5. The topological polar surface area (TPSA) is 149 Å². The molecule has 0 spiro atoms. The molecule has 200 valence electrons. The van der Waals surface area contributed by atoms with Crippen LogP contribution in [0, 0.1) is 5.82 Å². The van der Waals surface area contributed by atoms with Crippen molar-refractivity contribution in [1.82, 2.24) is 24.7 Å². The lowest BCUT2D eigenvalue weighted by Gasteiger charge is -2.23. The van der Waals surface area contributed by atoms with Crippen LogP contribution in [0.2, 0.25) is 0 Å². The van der Waals surface area contributed by atoms with Gasteiger partial charge in [0.15, 0.2) is 11.5 Å². The fourth-order valence-electron chi connectivity index (χ4n) is 5.12. The van der Waals surface area contributed by atoms with Gasteiger partial charge in [0.25, 0.3) is 0 Å². The van der Waals surface area contributed by atoms with Gasteiger partial charge in [0.05, 0.1) is 17.5 Å². The number of carbonyl (C=O) groups is 2. The first kappa shape index (κ1) is 25.1. The van der Waals surface area contributed by atoms with Crippen molar-refractivity contribution in [1.29, 1.82) is 0 Å². The molecule has 1 amide bonds. The number of amides is 1. The van der Waals surface area contributed by atoms with Gasteiger partial charge in [-0.2, -0.15) is 5.10 Å². The third-order valence-electron chi connectivity index (χ3n) is 7.28. The zero-order valence-corrected chi connectivity index (χ0v) is 21.4. The molecule has 0 saturated heterocycles. The molecule has 4 N–H and O–H groups in total. The van der Waals surface area contributed by atoms with Gasteiger partial charge in [-0.1, -0.05) is 42.5 Å². The molecule has 5 aromatic rings. The Morgan fingerprint density at radius 3 is 2.62 bits per heavy atom. The minimum absolute atomic E-state index is 0.0176. The predicted molar refractivity (Wildman–Crippen MR) is 146 cm³/mol. The maximum atomic E-state index is 14.4. The normalized spacial score (nSPS) is 16.2. The van der Waals surface area contributed by atoms with Gasteiger partial charge in [-0.25, -0.2) is 24.0 Å². The number of hydrogen-bond donors (Lipinski definition) is 3. The second-order valence-electron chi connectivity index (χ2n) is 9.80. The van der Waals surface area contributed by atoms with E-state index in [0.717, 1.165) is 5.56 Å². The summed E-state index contributed by atoms with van der Waals surface area (Å²) < 4.78 is 16.0. The largest absolute Gasteiger partial charge is 0.481 e. The summed E-state index contributed by atoms with van der Waals surface area (Å²) in [5.74, 6) is -0.923. The average molecular weight is 538 g/mol. The number of nitrogens with two attached hydrogens (primary N) is 1. The number of pyridine rings is 1. The van der Waals surface area contributed by atoms with Crippen molar-refractivity contribution in [3.05, 3.63) is 94.9 Å². The summed E-state index contributed by atoms with van der Waals surface area (Å²) in [6.07, 6.45) is 2.03. The predicted octanol–water partition coefficient (Wildman–Crippen LogP) is 3.93. The maximum absolute atomic E-state index is 14.4. The molecule has 40 heavy (non-hydrogen) atoms. The molecule has 6 rings (SSSR count). The van der Waals surface area contributed by atoms with Gasteiger partial charge in [-0.05, 0) is 42.7 Å². The van der Waals surface area contributed by atoms with Crippen LogP contribution in [0.5, 0.6) is 0 Å². The summed E-state index contributed by atoms with van der Waals surface area (Å²) in [7, 11) is 0. The molecule has 2 aromatic carbocycles. The number of hydrogen-bond acceptors (Lipinski definition) is 7. The van der Waals surface area contributed by atoms with Crippen molar-refractivity contribution in [3.63, 3.8) is 0 Å². The summed E-state index contributed by atoms with van der Waals surface area (Å²) >= 11 is 0. The first-order chi connectivity index (χ1) is 19.3. The first-order valence-electron chi connectivity index (χ1n) is 12.6. The molecule has 1 aliphatic heterocycles. The molecule has 0 unspecified atom stereocenters. The molecule has 1 atom stereocenters. The van der Waals surface area contributed by atoms with Crippen LogP contribution < -0.4 is 11.1 Å². The van der Waals surface area contributed by atoms with Gasteiger partial charge in [-0.15, -0.1) is 0 Å². The van der Waals surface area contributed by atoms with Crippen molar-refractivity contribution < 1.29 is 19.1 Å². The second-order valence-corrected chi connectivity index (χ2v) is 9.80. The highest BCUT2D eigenvalue weighted by Gasteiger charge is 2.47. The van der Waals surface area contributed by atoms with E-state index in [1.165, 1.54) is 6.07 Å². The van der Waals surface area contributed by atoms with Crippen LogP contribution >= 0.6 is 0 Å². The number of aryl methyl sites for hydroxylation is 1. The number of carboxylic acids is 1. The third kappa shape index (κ3) is 4.12. The number of nitrogens with zero attached hydrogens (tertiary/aromatic N) is 5. The number of nitrogen functional groups attached to an aromatic ring is 1. The SMILES string of the molecule is C[C@@]1(c2ccc(CCC(=O)O)cc2)C(=O)Nc2nc(-c3nn(Cc4ccccc4F)c4ncccc34)nc(N)c21. The lowest BCUT2D eigenvalue weighted by atomic mass is 9.77. The van der Waals surface area contributed by atoms with Crippen LogP contribution in [-0.2, 0) is 28.0 Å². The number of aliphatic carboxylic acids is 1. The zero-order valence-electron chi connectivity index (χ0n) is 21.4. The van der Waals surface area contributed by atoms with Crippen molar-refractivity contribution in [2.24, 2.45) is 0 Å². The Morgan fingerprint density at radius 1 is 1.10 bits per heavy atom. The van der Waals surface area contributed by atoms with Crippen molar-refractivity contribution in [3.8, 4) is 11.5 Å². The standard InChI is InChI=1S/C29H24FN7O3/c1-29(18-11-8-16(9-12-18)10-13-21(38)39)22-24(31)33-26(34-25(22)35-28(29)40)23-19-6-4-14-32-27(19)37(36-23)15-17-5-2-3-7-20(17)30/h2-9,11-12,14H,10,13,15H2,1H3,(H,38,39)(H3,31,33,34,35,40)/t29-/m0/s1. The maximum Gasteiger partial charge on any atom is 0.303 e. The van der Waals surface area contributed by atoms with E-state index < -0.39 is 11.4 Å². The van der Waals surface area contributed by atoms with Gasteiger partial charge < -0.3 is 16.2 Å². The number of rotatable bonds is 7. The number of halogens is 1. The van der Waals surface area contributed by atoms with E-state index in [-0.39, 0.29) is 42.2 Å². The second kappa shape index (κ2) is 9.53. The average Bonchev–Trinajstić information content (AvgIpc) is 3.44. The lowest BCUT2D eigenvalue weighted by molar-refractivity contribution is -0.137. The number of carbonyl (C=O) groups excluding carboxylic acids is 1. The zero-order chi connectivity index (χ0) is 28.0. The Hall–Kier alpha value is -5.19. The van der Waals surface area contributed by atoms with Gasteiger partial charge in [-0.3, -0.25) is 9.59 Å². The molecule has 0 fully saturated rings. The smallest absolute Gasteiger partial charge is 0.303 e. The van der Waals surface area contributed by atoms with Crippen LogP contribution in [-0.4, -0.2) is 41.7 Å². The highest BCUT2D eigenvalue weighted by molar-refractivity contribution is 6.09. The van der Waals surface area contributed by atoms with E-state index in [0.29, 0.717) is 39.8 Å². The summed E-state index contributed by atoms with van der Waals surface area (Å²) in [5.41, 5.74) is 8.68. The Labute approximate surface area is 227 Å². The molecule has 0 aliphatic carbocycles. The quantitative estimate of drug-likeness (QED) is 0.283. The van der Waals surface area contributed by atoms with Crippen molar-refractivity contribution in [2.45, 2.75) is 31.7 Å². The van der Waals surface area contributed by atoms with Gasteiger partial charge in [0, 0.05) is 18.2 Å². The molecule has 3 aromatic heterocycles. The number of carboxylic acid groups (broad SMARTS) is 1. The number of nitrogens with one attached hydrogen (secondary N) is 1. The molecule has 11 heteroatoms. The summed E-state index contributed by atoms with van der Waals surface area (Å²) in [6, 6.07) is 17.2. The number of fused-ring (bicyclic) bond motifs is 2. The van der Waals surface area contributed by atoms with Crippen molar-refractivity contribution >= 4 is 34.5 Å². The minimum atomic E-state index is -1.16. The molecule has 4 heterocycles. The lowest BCUT2D eigenvalue weighted by Crippen LogP contribution is -2.33. The molecule has 0 radical (unpaired) electrons. The van der Waals surface area contributed by atoms with Crippen LogP contribution in [0.15, 0.2) is 66.9 Å². The molecular formula is C29H24FN7O3. The van der Waals surface area contributed by atoms with E-state index in [9.17, 15) is 14.0 Å². The van der Waals surface area contributed by atoms with E-state index in [1.807, 2.05) is 18.2 Å². The van der Waals surface area contributed by atoms with E-state index in [4.69, 9.17) is 10.8 Å². The highest BCUT2D eigenvalue weighted by atomic mass is 19.1. The van der Waals surface area contributed by atoms with Crippen LogP contribution in [0.1, 0.15) is 35.6 Å². The molecule has 10 nitrogen and oxygen atoms in total. The Kier molecular flexibility index (Phi) is 5.98. The van der Waals surface area contributed by atoms with E-state index >= 15 is 0 Å². The summed E-state index contributed by atoms with van der Waals surface area (Å²) in [6.45, 7) is 1.90. The molecule has 0 saturated carbocycles. The van der Waals surface area contributed by atoms with Crippen LogP contribution in [0.25, 0.3) is 22.6 Å². The van der Waals surface area contributed by atoms with Gasteiger partial charge in [0.2, 0.25) is 5.91 Å².